The maximum Gasteiger partial charge on any atom is 0.247 e. The Kier molecular flexibility index (Phi) is 3.04. The molecule has 0 spiro atoms. The number of hydrogen-bond acceptors (Lipinski definition) is 5. The van der Waals surface area contributed by atoms with Gasteiger partial charge in [-0.3, -0.25) is 0 Å². The molecule has 2 aromatic heterocycles. The number of hydrogen-bond donors (Lipinski definition) is 1. The Morgan fingerprint density at radius 2 is 2.19 bits per heavy atom. The number of imidazole rings is 1. The minimum atomic E-state index is -2.08. The van der Waals surface area contributed by atoms with Gasteiger partial charge in [0.2, 0.25) is 5.79 Å². The summed E-state index contributed by atoms with van der Waals surface area (Å²) in [5.41, 5.74) is -0.620. The van der Waals surface area contributed by atoms with Crippen molar-refractivity contribution >= 4 is 5.65 Å². The van der Waals surface area contributed by atoms with E-state index in [1.54, 1.807) is 13.8 Å². The monoisotopic (exact) mass is 294 g/mol. The van der Waals surface area contributed by atoms with E-state index in [0.717, 1.165) is 0 Å². The maximum absolute atomic E-state index is 15.2. The van der Waals surface area contributed by atoms with Gasteiger partial charge in [-0.2, -0.15) is 5.10 Å². The SMILES string of the molecule is CC[C@H]1O[C@@](O)(c2cnc3c(C)ncnn23)[C@](C)(F)[C@@H]1C. The molecule has 1 aliphatic heterocycles. The average molecular weight is 294 g/mol. The normalized spacial score (nSPS) is 36.5. The van der Waals surface area contributed by atoms with Gasteiger partial charge in [0.05, 0.1) is 18.0 Å². The highest BCUT2D eigenvalue weighted by Gasteiger charge is 2.64. The van der Waals surface area contributed by atoms with E-state index in [2.05, 4.69) is 15.1 Å². The minimum Gasteiger partial charge on any atom is -0.358 e. The molecule has 21 heavy (non-hydrogen) atoms. The van der Waals surface area contributed by atoms with Crippen LogP contribution in [0.4, 0.5) is 4.39 Å². The van der Waals surface area contributed by atoms with E-state index in [9.17, 15) is 5.11 Å². The van der Waals surface area contributed by atoms with E-state index in [0.29, 0.717) is 17.8 Å². The third kappa shape index (κ3) is 1.74. The van der Waals surface area contributed by atoms with E-state index in [-0.39, 0.29) is 11.8 Å². The number of alkyl halides is 1. The summed E-state index contributed by atoms with van der Waals surface area (Å²) in [5.74, 6) is -2.52. The first-order chi connectivity index (χ1) is 9.83. The van der Waals surface area contributed by atoms with Crippen molar-refractivity contribution in [2.45, 2.75) is 51.7 Å². The van der Waals surface area contributed by atoms with Gasteiger partial charge in [-0.05, 0) is 20.3 Å². The summed E-state index contributed by atoms with van der Waals surface area (Å²) >= 11 is 0. The molecule has 0 bridgehead atoms. The molecule has 114 valence electrons. The van der Waals surface area contributed by atoms with Crippen LogP contribution in [-0.4, -0.2) is 36.5 Å². The van der Waals surface area contributed by atoms with Gasteiger partial charge in [0.25, 0.3) is 0 Å². The summed E-state index contributed by atoms with van der Waals surface area (Å²) in [6.45, 7) is 6.79. The number of ether oxygens (including phenoxy) is 1. The number of aliphatic hydroxyl groups is 1. The average Bonchev–Trinajstić information content (AvgIpc) is 2.95. The molecule has 1 saturated heterocycles. The van der Waals surface area contributed by atoms with Gasteiger partial charge >= 0.3 is 0 Å². The summed E-state index contributed by atoms with van der Waals surface area (Å²) in [4.78, 5) is 8.22. The Morgan fingerprint density at radius 3 is 2.81 bits per heavy atom. The lowest BCUT2D eigenvalue weighted by atomic mass is 9.83. The quantitative estimate of drug-likeness (QED) is 0.913. The number of halogens is 1. The van der Waals surface area contributed by atoms with Crippen LogP contribution in [0.25, 0.3) is 5.65 Å². The Balaban J connectivity index is 2.19. The van der Waals surface area contributed by atoms with Gasteiger partial charge in [-0.25, -0.2) is 18.9 Å². The lowest BCUT2D eigenvalue weighted by Crippen LogP contribution is -2.46. The van der Waals surface area contributed by atoms with Crippen molar-refractivity contribution in [1.82, 2.24) is 19.6 Å². The maximum atomic E-state index is 15.2. The largest absolute Gasteiger partial charge is 0.358 e. The highest BCUT2D eigenvalue weighted by Crippen LogP contribution is 2.51. The van der Waals surface area contributed by atoms with Crippen molar-refractivity contribution in [2.75, 3.05) is 0 Å². The van der Waals surface area contributed by atoms with Crippen molar-refractivity contribution in [1.29, 1.82) is 0 Å². The molecule has 0 aliphatic carbocycles. The lowest BCUT2D eigenvalue weighted by molar-refractivity contribution is -0.253. The Morgan fingerprint density at radius 1 is 1.48 bits per heavy atom. The number of aromatic nitrogens is 4. The van der Waals surface area contributed by atoms with Gasteiger partial charge in [-0.1, -0.05) is 13.8 Å². The first-order valence-electron chi connectivity index (χ1n) is 7.07. The molecule has 1 N–H and O–H groups in total. The van der Waals surface area contributed by atoms with E-state index < -0.39 is 17.4 Å². The summed E-state index contributed by atoms with van der Waals surface area (Å²) in [5, 5.41) is 15.0. The highest BCUT2D eigenvalue weighted by molar-refractivity contribution is 5.44. The van der Waals surface area contributed by atoms with Crippen LogP contribution >= 0.6 is 0 Å². The molecule has 7 heteroatoms. The van der Waals surface area contributed by atoms with Gasteiger partial charge in [0, 0.05) is 5.92 Å². The molecule has 3 heterocycles. The van der Waals surface area contributed by atoms with Crippen molar-refractivity contribution in [3.63, 3.8) is 0 Å². The van der Waals surface area contributed by atoms with Crippen LogP contribution in [0.15, 0.2) is 12.5 Å². The predicted molar refractivity (Wildman–Crippen MR) is 73.3 cm³/mol. The van der Waals surface area contributed by atoms with Crippen LogP contribution in [0, 0.1) is 12.8 Å². The standard InChI is InChI=1S/C14H19FN4O2/c1-5-10-8(2)13(4,15)14(20,21-10)11-6-16-12-9(3)17-7-18-19(11)12/h6-8,10,20H,5H2,1-4H3/t8-,10-,13-,14+/m1/s1. The molecule has 1 fully saturated rings. The van der Waals surface area contributed by atoms with Gasteiger partial charge < -0.3 is 9.84 Å². The van der Waals surface area contributed by atoms with E-state index in [1.165, 1.54) is 24.0 Å². The van der Waals surface area contributed by atoms with Gasteiger partial charge in [-0.15, -0.1) is 0 Å². The first-order valence-corrected chi connectivity index (χ1v) is 7.07. The van der Waals surface area contributed by atoms with Crippen LogP contribution in [0.2, 0.25) is 0 Å². The fourth-order valence-corrected chi connectivity index (χ4v) is 3.00. The molecular weight excluding hydrogens is 275 g/mol. The summed E-state index contributed by atoms with van der Waals surface area (Å²) < 4.78 is 22.3. The van der Waals surface area contributed by atoms with Crippen LogP contribution in [0.5, 0.6) is 0 Å². The molecule has 0 radical (unpaired) electrons. The third-order valence-electron chi connectivity index (χ3n) is 4.63. The summed E-state index contributed by atoms with van der Waals surface area (Å²) in [6, 6.07) is 0. The molecule has 3 rings (SSSR count). The van der Waals surface area contributed by atoms with Crippen LogP contribution in [0.1, 0.15) is 38.6 Å². The second-order valence-electron chi connectivity index (χ2n) is 5.80. The minimum absolute atomic E-state index is 0.191. The van der Waals surface area contributed by atoms with Crippen molar-refractivity contribution in [3.8, 4) is 0 Å². The fourth-order valence-electron chi connectivity index (χ4n) is 3.00. The number of aryl methyl sites for hydroxylation is 1. The van der Waals surface area contributed by atoms with Crippen LogP contribution in [0.3, 0.4) is 0 Å². The number of fused-ring (bicyclic) bond motifs is 1. The second kappa shape index (κ2) is 4.45. The van der Waals surface area contributed by atoms with Crippen molar-refractivity contribution < 1.29 is 14.2 Å². The topological polar surface area (TPSA) is 72.5 Å². The molecule has 0 aromatic carbocycles. The Bertz CT molecular complexity index is 687. The van der Waals surface area contributed by atoms with E-state index in [1.807, 2.05) is 6.92 Å². The Labute approximate surface area is 122 Å². The fraction of sp³-hybridized carbons (Fsp3) is 0.643. The zero-order chi connectivity index (χ0) is 15.4. The predicted octanol–water partition coefficient (Wildman–Crippen LogP) is 1.75. The highest BCUT2D eigenvalue weighted by atomic mass is 19.1. The zero-order valence-corrected chi connectivity index (χ0v) is 12.5. The van der Waals surface area contributed by atoms with E-state index >= 15 is 4.39 Å². The molecule has 2 aromatic rings. The molecule has 4 atom stereocenters. The lowest BCUT2D eigenvalue weighted by Gasteiger charge is -2.32. The smallest absolute Gasteiger partial charge is 0.247 e. The van der Waals surface area contributed by atoms with E-state index in [4.69, 9.17) is 4.74 Å². The molecule has 0 amide bonds. The van der Waals surface area contributed by atoms with Crippen LogP contribution in [-0.2, 0) is 10.5 Å². The van der Waals surface area contributed by atoms with Crippen molar-refractivity contribution in [2.24, 2.45) is 5.92 Å². The zero-order valence-electron chi connectivity index (χ0n) is 12.5. The molecule has 6 nitrogen and oxygen atoms in total. The summed E-state index contributed by atoms with van der Waals surface area (Å²) in [7, 11) is 0. The first kappa shape index (κ1) is 14.3. The Hall–Kier alpha value is -1.60. The number of rotatable bonds is 2. The van der Waals surface area contributed by atoms with Crippen molar-refractivity contribution in [3.05, 3.63) is 23.9 Å². The third-order valence-corrected chi connectivity index (χ3v) is 4.63. The van der Waals surface area contributed by atoms with Gasteiger partial charge in [0.15, 0.2) is 11.3 Å². The molecule has 1 aliphatic rings. The number of nitrogens with zero attached hydrogens (tertiary/aromatic N) is 4. The summed E-state index contributed by atoms with van der Waals surface area (Å²) in [6.07, 6.45) is 3.01. The van der Waals surface area contributed by atoms with Crippen LogP contribution < -0.4 is 0 Å². The molecular formula is C14H19FN4O2. The molecule has 0 saturated carbocycles. The van der Waals surface area contributed by atoms with Gasteiger partial charge in [0.1, 0.15) is 12.0 Å². The molecule has 0 unspecified atom stereocenters. The second-order valence-corrected chi connectivity index (χ2v) is 5.80.